The molecular weight excluding hydrogens is 288 g/mol. The van der Waals surface area contributed by atoms with Crippen LogP contribution in [0.2, 0.25) is 0 Å². The van der Waals surface area contributed by atoms with Crippen molar-refractivity contribution in [3.8, 4) is 0 Å². The van der Waals surface area contributed by atoms with Crippen molar-refractivity contribution < 1.29 is 4.74 Å². The van der Waals surface area contributed by atoms with E-state index in [0.717, 1.165) is 27.5 Å². The molecule has 23 heavy (non-hydrogen) atoms. The van der Waals surface area contributed by atoms with Gasteiger partial charge in [-0.3, -0.25) is 4.98 Å². The molecule has 0 N–H and O–H groups in total. The van der Waals surface area contributed by atoms with Crippen molar-refractivity contribution in [2.24, 2.45) is 0 Å². The summed E-state index contributed by atoms with van der Waals surface area (Å²) in [6.07, 6.45) is 1.67. The molecule has 0 spiro atoms. The molecule has 5 nitrogen and oxygen atoms in total. The minimum absolute atomic E-state index is 0.140. The van der Waals surface area contributed by atoms with E-state index < -0.39 is 0 Å². The lowest BCUT2D eigenvalue weighted by molar-refractivity contribution is 0.0863. The molecule has 0 saturated heterocycles. The number of methoxy groups -OCH3 is 1. The smallest absolute Gasteiger partial charge is 0.113 e. The number of pyridine rings is 1. The summed E-state index contributed by atoms with van der Waals surface area (Å²) in [5, 5.41) is 9.57. The molecule has 0 fully saturated rings. The lowest BCUT2D eigenvalue weighted by Crippen LogP contribution is -2.13. The summed E-state index contributed by atoms with van der Waals surface area (Å²) < 4.78 is 7.62. The highest BCUT2D eigenvalue weighted by Gasteiger charge is 2.17. The maximum absolute atomic E-state index is 5.74. The van der Waals surface area contributed by atoms with Gasteiger partial charge in [-0.05, 0) is 18.2 Å². The van der Waals surface area contributed by atoms with Crippen LogP contribution in [0.25, 0.3) is 21.9 Å². The second-order valence-electron chi connectivity index (χ2n) is 5.41. The number of ether oxygens (including phenoxy) is 1. The van der Waals surface area contributed by atoms with Crippen molar-refractivity contribution in [2.45, 2.75) is 12.6 Å². The Morgan fingerprint density at radius 3 is 2.83 bits per heavy atom. The Labute approximate surface area is 133 Å². The maximum atomic E-state index is 5.74. The Bertz CT molecular complexity index is 958. The molecule has 0 radical (unpaired) electrons. The number of hydrogen-bond donors (Lipinski definition) is 0. The average Bonchev–Trinajstić information content (AvgIpc) is 3.02. The first-order chi connectivity index (χ1) is 11.4. The van der Waals surface area contributed by atoms with Gasteiger partial charge in [0, 0.05) is 24.3 Å². The molecule has 114 valence electrons. The fourth-order valence-corrected chi connectivity index (χ4v) is 2.90. The standard InChI is InChI=1S/C18H16N4O/c1-23-17(12-22-16-10-3-2-9-15(16)20-21-22)14-8-4-6-13-7-5-11-19-18(13)14/h2-11,17H,12H2,1H3. The number of para-hydroxylation sites is 2. The molecule has 0 aliphatic rings. The monoisotopic (exact) mass is 304 g/mol. The molecule has 0 bridgehead atoms. The molecule has 4 rings (SSSR count). The van der Waals surface area contributed by atoms with Crippen LogP contribution < -0.4 is 0 Å². The van der Waals surface area contributed by atoms with Crippen LogP contribution in [0.3, 0.4) is 0 Å². The average molecular weight is 304 g/mol. The number of fused-ring (bicyclic) bond motifs is 2. The fourth-order valence-electron chi connectivity index (χ4n) is 2.90. The minimum Gasteiger partial charge on any atom is -0.375 e. The van der Waals surface area contributed by atoms with Gasteiger partial charge < -0.3 is 4.74 Å². The van der Waals surface area contributed by atoms with E-state index in [1.54, 1.807) is 7.11 Å². The number of hydrogen-bond acceptors (Lipinski definition) is 4. The van der Waals surface area contributed by atoms with Crippen LogP contribution in [-0.2, 0) is 11.3 Å². The van der Waals surface area contributed by atoms with Gasteiger partial charge in [0.15, 0.2) is 0 Å². The van der Waals surface area contributed by atoms with Crippen molar-refractivity contribution in [1.29, 1.82) is 0 Å². The van der Waals surface area contributed by atoms with Gasteiger partial charge in [-0.1, -0.05) is 41.6 Å². The van der Waals surface area contributed by atoms with E-state index in [0.29, 0.717) is 6.54 Å². The van der Waals surface area contributed by atoms with E-state index in [-0.39, 0.29) is 6.10 Å². The van der Waals surface area contributed by atoms with Crippen LogP contribution in [0.5, 0.6) is 0 Å². The van der Waals surface area contributed by atoms with Crippen molar-refractivity contribution >= 4 is 21.9 Å². The van der Waals surface area contributed by atoms with Gasteiger partial charge in [0.2, 0.25) is 0 Å². The van der Waals surface area contributed by atoms with Gasteiger partial charge >= 0.3 is 0 Å². The Morgan fingerprint density at radius 1 is 1.04 bits per heavy atom. The molecule has 5 heteroatoms. The van der Waals surface area contributed by atoms with Gasteiger partial charge in [-0.2, -0.15) is 0 Å². The summed E-state index contributed by atoms with van der Waals surface area (Å²) in [5.41, 5.74) is 3.91. The zero-order valence-electron chi connectivity index (χ0n) is 12.8. The minimum atomic E-state index is -0.140. The van der Waals surface area contributed by atoms with Crippen molar-refractivity contribution in [3.63, 3.8) is 0 Å². The second kappa shape index (κ2) is 5.78. The van der Waals surface area contributed by atoms with Gasteiger partial charge in [0.05, 0.1) is 17.6 Å². The second-order valence-corrected chi connectivity index (χ2v) is 5.41. The molecule has 2 heterocycles. The Balaban J connectivity index is 1.76. The van der Waals surface area contributed by atoms with E-state index in [1.807, 2.05) is 47.3 Å². The normalized spacial score (nSPS) is 12.7. The molecule has 0 amide bonds. The molecule has 0 aliphatic heterocycles. The van der Waals surface area contributed by atoms with Crippen molar-refractivity contribution in [2.75, 3.05) is 7.11 Å². The molecule has 1 unspecified atom stereocenters. The third-order valence-electron chi connectivity index (χ3n) is 4.05. The number of benzene rings is 2. The van der Waals surface area contributed by atoms with Crippen molar-refractivity contribution in [1.82, 2.24) is 20.0 Å². The molecule has 0 saturated carbocycles. The highest BCUT2D eigenvalue weighted by atomic mass is 16.5. The fraction of sp³-hybridized carbons (Fsp3) is 0.167. The van der Waals surface area contributed by atoms with E-state index in [9.17, 15) is 0 Å². The molecule has 1 atom stereocenters. The Kier molecular flexibility index (Phi) is 3.48. The topological polar surface area (TPSA) is 52.8 Å². The first-order valence-corrected chi connectivity index (χ1v) is 7.51. The first kappa shape index (κ1) is 13.8. The molecule has 2 aromatic carbocycles. The molecule has 4 aromatic rings. The third-order valence-corrected chi connectivity index (χ3v) is 4.05. The van der Waals surface area contributed by atoms with Crippen LogP contribution in [0, 0.1) is 0 Å². The van der Waals surface area contributed by atoms with Crippen LogP contribution in [0.1, 0.15) is 11.7 Å². The summed E-state index contributed by atoms with van der Waals surface area (Å²) in [5.74, 6) is 0. The molecule has 2 aromatic heterocycles. The zero-order valence-corrected chi connectivity index (χ0v) is 12.8. The summed E-state index contributed by atoms with van der Waals surface area (Å²) in [6.45, 7) is 0.590. The van der Waals surface area contributed by atoms with Gasteiger partial charge in [0.25, 0.3) is 0 Å². The largest absolute Gasteiger partial charge is 0.375 e. The highest BCUT2D eigenvalue weighted by Crippen LogP contribution is 2.26. The van der Waals surface area contributed by atoms with Crippen LogP contribution >= 0.6 is 0 Å². The van der Waals surface area contributed by atoms with Gasteiger partial charge in [-0.15, -0.1) is 5.10 Å². The van der Waals surface area contributed by atoms with E-state index in [4.69, 9.17) is 4.74 Å². The first-order valence-electron chi connectivity index (χ1n) is 7.51. The van der Waals surface area contributed by atoms with Crippen molar-refractivity contribution in [3.05, 3.63) is 66.4 Å². The Morgan fingerprint density at radius 2 is 1.91 bits per heavy atom. The SMILES string of the molecule is COC(Cn1nnc2ccccc21)c1cccc2cccnc12. The summed E-state index contributed by atoms with van der Waals surface area (Å²) >= 11 is 0. The van der Waals surface area contributed by atoms with E-state index in [2.05, 4.69) is 33.5 Å². The number of nitrogens with zero attached hydrogens (tertiary/aromatic N) is 4. The lowest BCUT2D eigenvalue weighted by Gasteiger charge is -2.17. The molecule has 0 aliphatic carbocycles. The van der Waals surface area contributed by atoms with Crippen LogP contribution in [0.15, 0.2) is 60.8 Å². The summed E-state index contributed by atoms with van der Waals surface area (Å²) in [7, 11) is 1.71. The lowest BCUT2D eigenvalue weighted by atomic mass is 10.0. The van der Waals surface area contributed by atoms with E-state index >= 15 is 0 Å². The van der Waals surface area contributed by atoms with Gasteiger partial charge in [0.1, 0.15) is 11.6 Å². The van der Waals surface area contributed by atoms with E-state index in [1.165, 1.54) is 0 Å². The Hall–Kier alpha value is -2.79. The highest BCUT2D eigenvalue weighted by molar-refractivity contribution is 5.82. The maximum Gasteiger partial charge on any atom is 0.113 e. The van der Waals surface area contributed by atoms with Crippen LogP contribution in [0.4, 0.5) is 0 Å². The predicted molar refractivity (Wildman–Crippen MR) is 89.0 cm³/mol. The van der Waals surface area contributed by atoms with Crippen LogP contribution in [-0.4, -0.2) is 27.1 Å². The zero-order chi connectivity index (χ0) is 15.6. The predicted octanol–water partition coefficient (Wildman–Crippen LogP) is 3.37. The number of aromatic nitrogens is 4. The molecular formula is C18H16N4O. The summed E-state index contributed by atoms with van der Waals surface area (Å²) in [4.78, 5) is 4.52. The summed E-state index contributed by atoms with van der Waals surface area (Å²) in [6, 6.07) is 18.1. The third kappa shape index (κ3) is 2.45. The van der Waals surface area contributed by atoms with Gasteiger partial charge in [-0.25, -0.2) is 4.68 Å². The quantitative estimate of drug-likeness (QED) is 0.580. The number of rotatable bonds is 4.